The highest BCUT2D eigenvalue weighted by Crippen LogP contribution is 2.32. The third kappa shape index (κ3) is 5.55. The number of nitrogens with one attached hydrogen (secondary N) is 1. The molecular weight excluding hydrogens is 479 g/mol. The molecule has 2 aromatic carbocycles. The van der Waals surface area contributed by atoms with Crippen LogP contribution in [-0.4, -0.2) is 29.8 Å². The van der Waals surface area contributed by atoms with Crippen LogP contribution in [0, 0.1) is 0 Å². The molecule has 0 radical (unpaired) electrons. The Morgan fingerprint density at radius 1 is 1.28 bits per heavy atom. The van der Waals surface area contributed by atoms with Crippen molar-refractivity contribution >= 4 is 61.6 Å². The van der Waals surface area contributed by atoms with E-state index >= 15 is 0 Å². The van der Waals surface area contributed by atoms with Crippen molar-refractivity contribution in [2.45, 2.75) is 0 Å². The van der Waals surface area contributed by atoms with Crippen LogP contribution in [0.1, 0.15) is 15.9 Å². The fourth-order valence-corrected chi connectivity index (χ4v) is 3.42. The van der Waals surface area contributed by atoms with E-state index in [2.05, 4.69) is 42.4 Å². The van der Waals surface area contributed by atoms with Crippen molar-refractivity contribution in [1.29, 1.82) is 0 Å². The van der Waals surface area contributed by atoms with Gasteiger partial charge in [-0.05, 0) is 40.2 Å². The van der Waals surface area contributed by atoms with Gasteiger partial charge in [-0.15, -0.1) is 0 Å². The first kappa shape index (κ1) is 19.4. The number of hydrogen-bond acceptors (Lipinski definition) is 4. The lowest BCUT2D eigenvalue weighted by Crippen LogP contribution is -2.18. The second-order valence-electron chi connectivity index (χ2n) is 4.67. The van der Waals surface area contributed by atoms with E-state index in [1.165, 1.54) is 6.21 Å². The fraction of sp³-hybridized carbons (Fsp3) is 0.0625. The number of ether oxygens (including phenoxy) is 1. The first-order valence-electron chi connectivity index (χ1n) is 6.80. The Balaban J connectivity index is 2.18. The molecule has 0 aliphatic rings. The normalized spacial score (nSPS) is 10.7. The van der Waals surface area contributed by atoms with Crippen molar-refractivity contribution in [3.63, 3.8) is 0 Å². The molecule has 0 aromatic heterocycles. The summed E-state index contributed by atoms with van der Waals surface area (Å²) in [7, 11) is 0. The summed E-state index contributed by atoms with van der Waals surface area (Å²) in [5, 5.41) is 12.9. The van der Waals surface area contributed by atoms with Crippen LogP contribution < -0.4 is 10.2 Å². The number of aliphatic carboxylic acids is 1. The smallest absolute Gasteiger partial charge is 0.341 e. The summed E-state index contributed by atoms with van der Waals surface area (Å²) in [6, 6.07) is 9.96. The quantitative estimate of drug-likeness (QED) is 0.472. The Bertz CT molecular complexity index is 843. The zero-order valence-corrected chi connectivity index (χ0v) is 16.4. The number of amides is 1. The molecule has 0 aliphatic heterocycles. The third-order valence-electron chi connectivity index (χ3n) is 2.87. The predicted molar refractivity (Wildman–Crippen MR) is 101 cm³/mol. The summed E-state index contributed by atoms with van der Waals surface area (Å²) in [5.74, 6) is -1.28. The van der Waals surface area contributed by atoms with Gasteiger partial charge in [-0.25, -0.2) is 10.2 Å². The summed E-state index contributed by atoms with van der Waals surface area (Å²) < 4.78 is 6.52. The van der Waals surface area contributed by atoms with E-state index in [1.807, 2.05) is 0 Å². The Kier molecular flexibility index (Phi) is 6.98. The van der Waals surface area contributed by atoms with Gasteiger partial charge in [0.1, 0.15) is 5.75 Å². The first-order chi connectivity index (χ1) is 11.9. The lowest BCUT2D eigenvalue weighted by Gasteiger charge is -2.10. The minimum Gasteiger partial charge on any atom is -0.480 e. The van der Waals surface area contributed by atoms with Crippen LogP contribution in [0.5, 0.6) is 5.75 Å². The van der Waals surface area contributed by atoms with Crippen molar-refractivity contribution in [2.75, 3.05) is 6.61 Å². The van der Waals surface area contributed by atoms with Gasteiger partial charge in [0, 0.05) is 10.0 Å². The van der Waals surface area contributed by atoms with Gasteiger partial charge in [-0.2, -0.15) is 5.10 Å². The van der Waals surface area contributed by atoms with E-state index in [9.17, 15) is 9.59 Å². The second-order valence-corrected chi connectivity index (χ2v) is 6.84. The number of halogens is 3. The molecular formula is C16H11Br2ClN2O4. The zero-order valence-electron chi connectivity index (χ0n) is 12.5. The number of hydrazone groups is 1. The fourth-order valence-electron chi connectivity index (χ4n) is 1.83. The number of hydrogen-bond donors (Lipinski definition) is 2. The molecule has 2 N–H and O–H groups in total. The van der Waals surface area contributed by atoms with Gasteiger partial charge in [0.25, 0.3) is 5.91 Å². The SMILES string of the molecule is O=C(O)COc1c(Br)cc(Br)cc1/C=N\NC(=O)c1ccccc1Cl. The number of carboxylic acids is 1. The maximum atomic E-state index is 12.1. The lowest BCUT2D eigenvalue weighted by molar-refractivity contribution is -0.139. The molecule has 1 amide bonds. The van der Waals surface area contributed by atoms with E-state index in [-0.39, 0.29) is 0 Å². The molecule has 0 heterocycles. The van der Waals surface area contributed by atoms with Crippen LogP contribution in [0.4, 0.5) is 0 Å². The van der Waals surface area contributed by atoms with Crippen LogP contribution in [0.3, 0.4) is 0 Å². The van der Waals surface area contributed by atoms with E-state index in [1.54, 1.807) is 36.4 Å². The van der Waals surface area contributed by atoms with Crippen molar-refractivity contribution in [2.24, 2.45) is 5.10 Å². The highest BCUT2D eigenvalue weighted by atomic mass is 79.9. The molecule has 0 fully saturated rings. The maximum absolute atomic E-state index is 12.1. The topological polar surface area (TPSA) is 88.0 Å². The van der Waals surface area contributed by atoms with Crippen LogP contribution in [0.15, 0.2) is 50.4 Å². The van der Waals surface area contributed by atoms with Crippen LogP contribution >= 0.6 is 43.5 Å². The summed E-state index contributed by atoms with van der Waals surface area (Å²) in [6.07, 6.45) is 1.35. The highest BCUT2D eigenvalue weighted by Gasteiger charge is 2.12. The lowest BCUT2D eigenvalue weighted by atomic mass is 10.2. The van der Waals surface area contributed by atoms with E-state index < -0.39 is 18.5 Å². The predicted octanol–water partition coefficient (Wildman–Crippen LogP) is 4.09. The third-order valence-corrected chi connectivity index (χ3v) is 4.24. The molecule has 0 saturated carbocycles. The number of benzene rings is 2. The van der Waals surface area contributed by atoms with Gasteiger partial charge in [-0.1, -0.05) is 39.7 Å². The molecule has 0 saturated heterocycles. The van der Waals surface area contributed by atoms with Gasteiger partial charge in [0.05, 0.1) is 21.3 Å². The molecule has 6 nitrogen and oxygen atoms in total. The largest absolute Gasteiger partial charge is 0.480 e. The number of carboxylic acid groups (broad SMARTS) is 1. The average molecular weight is 491 g/mol. The zero-order chi connectivity index (χ0) is 18.4. The van der Waals surface area contributed by atoms with Crippen molar-refractivity contribution in [3.05, 3.63) is 61.5 Å². The van der Waals surface area contributed by atoms with E-state index in [4.69, 9.17) is 21.4 Å². The molecule has 0 aliphatic carbocycles. The second kappa shape index (κ2) is 8.98. The van der Waals surface area contributed by atoms with Gasteiger partial charge < -0.3 is 9.84 Å². The number of nitrogens with zero attached hydrogens (tertiary/aromatic N) is 1. The number of carbonyl (C=O) groups is 2. The first-order valence-corrected chi connectivity index (χ1v) is 8.76. The number of carbonyl (C=O) groups excluding carboxylic acids is 1. The summed E-state index contributed by atoms with van der Waals surface area (Å²) in [6.45, 7) is -0.507. The average Bonchev–Trinajstić information content (AvgIpc) is 2.53. The Hall–Kier alpha value is -1.90. The van der Waals surface area contributed by atoms with Crippen LogP contribution in [0.2, 0.25) is 5.02 Å². The Labute approximate surface area is 165 Å². The summed E-state index contributed by atoms with van der Waals surface area (Å²) in [4.78, 5) is 22.8. The number of rotatable bonds is 6. The van der Waals surface area contributed by atoms with Gasteiger partial charge >= 0.3 is 5.97 Å². The Morgan fingerprint density at radius 3 is 2.68 bits per heavy atom. The van der Waals surface area contributed by atoms with Gasteiger partial charge in [0.2, 0.25) is 0 Å². The summed E-state index contributed by atoms with van der Waals surface area (Å²) in [5.41, 5.74) is 3.13. The van der Waals surface area contributed by atoms with Gasteiger partial charge in [-0.3, -0.25) is 4.79 Å². The minimum atomic E-state index is -1.11. The molecule has 9 heteroatoms. The standard InChI is InChI=1S/C16H11Br2ClN2O4/c17-10-5-9(15(12(18)6-10)25-8-14(22)23)7-20-21-16(24)11-3-1-2-4-13(11)19/h1-7H,8H2,(H,21,24)(H,22,23)/b20-7-. The van der Waals surface area contributed by atoms with E-state index in [0.717, 1.165) is 4.47 Å². The Morgan fingerprint density at radius 2 is 2.00 bits per heavy atom. The molecule has 0 spiro atoms. The minimum absolute atomic E-state index is 0.291. The molecule has 0 bridgehead atoms. The molecule has 0 atom stereocenters. The van der Waals surface area contributed by atoms with Crippen molar-refractivity contribution in [3.8, 4) is 5.75 Å². The summed E-state index contributed by atoms with van der Waals surface area (Å²) >= 11 is 12.6. The molecule has 2 rings (SSSR count). The molecule has 130 valence electrons. The molecule has 2 aromatic rings. The van der Waals surface area contributed by atoms with E-state index in [0.29, 0.717) is 26.4 Å². The molecule has 0 unspecified atom stereocenters. The highest BCUT2D eigenvalue weighted by molar-refractivity contribution is 9.11. The van der Waals surface area contributed by atoms with Crippen LogP contribution in [0.25, 0.3) is 0 Å². The molecule has 25 heavy (non-hydrogen) atoms. The monoisotopic (exact) mass is 488 g/mol. The maximum Gasteiger partial charge on any atom is 0.341 e. The van der Waals surface area contributed by atoms with Gasteiger partial charge in [0.15, 0.2) is 6.61 Å². The van der Waals surface area contributed by atoms with Crippen LogP contribution in [-0.2, 0) is 4.79 Å². The van der Waals surface area contributed by atoms with Crippen molar-refractivity contribution in [1.82, 2.24) is 5.43 Å². The van der Waals surface area contributed by atoms with Crippen molar-refractivity contribution < 1.29 is 19.4 Å².